The number of nitrogens with one attached hydrogen (secondary N) is 2. The van der Waals surface area contributed by atoms with Crippen LogP contribution in [0.25, 0.3) is 0 Å². The fraction of sp³-hybridized carbons (Fsp3) is 0.778. The monoisotopic (exact) mass is 494 g/mol. The molecule has 2 atom stereocenters. The Morgan fingerprint density at radius 3 is 1.14 bits per heavy atom. The third-order valence-corrected chi connectivity index (χ3v) is 6.92. The normalized spacial score (nSPS) is 25.4. The third kappa shape index (κ3) is 4.85. The lowest BCUT2D eigenvalue weighted by atomic mass is 9.57. The number of hydrogen-bond acceptors (Lipinski definition) is 6. The molecule has 0 saturated heterocycles. The summed E-state index contributed by atoms with van der Waals surface area (Å²) in [6.07, 6.45) is -0.841. The number of fused-ring (bicyclic) bond motifs is 2. The molecular formula is C27H46N2O6. The van der Waals surface area contributed by atoms with Crippen LogP contribution in [0.4, 0.5) is 9.59 Å². The van der Waals surface area contributed by atoms with E-state index in [1.54, 1.807) is 0 Å². The van der Waals surface area contributed by atoms with Crippen LogP contribution in [0.5, 0.6) is 0 Å². The molecule has 2 amide bonds. The van der Waals surface area contributed by atoms with E-state index in [4.69, 9.17) is 18.9 Å². The van der Waals surface area contributed by atoms with Gasteiger partial charge in [0.1, 0.15) is 22.9 Å². The van der Waals surface area contributed by atoms with E-state index >= 15 is 0 Å². The number of hydrogen-bond donors (Lipinski definition) is 2. The van der Waals surface area contributed by atoms with E-state index in [9.17, 15) is 9.59 Å². The van der Waals surface area contributed by atoms with E-state index in [0.717, 1.165) is 0 Å². The van der Waals surface area contributed by atoms with E-state index in [-0.39, 0.29) is 0 Å². The fourth-order valence-corrected chi connectivity index (χ4v) is 4.78. The van der Waals surface area contributed by atoms with Gasteiger partial charge in [-0.15, -0.1) is 0 Å². The minimum absolute atomic E-state index is 0.352. The summed E-state index contributed by atoms with van der Waals surface area (Å²) in [5.41, 5.74) is -2.92. The van der Waals surface area contributed by atoms with E-state index in [1.807, 2.05) is 41.5 Å². The summed E-state index contributed by atoms with van der Waals surface area (Å²) in [6, 6.07) is 0. The molecule has 2 aliphatic heterocycles. The third-order valence-electron chi connectivity index (χ3n) is 6.92. The molecule has 2 rings (SSSR count). The van der Waals surface area contributed by atoms with Crippen LogP contribution in [-0.2, 0) is 18.9 Å². The van der Waals surface area contributed by atoms with Crippen LogP contribution in [0.2, 0.25) is 0 Å². The number of allylic oxidation sites excluding steroid dienone is 2. The van der Waals surface area contributed by atoms with Crippen LogP contribution in [0.3, 0.4) is 0 Å². The van der Waals surface area contributed by atoms with E-state index in [1.165, 1.54) is 14.2 Å². The lowest BCUT2D eigenvalue weighted by Gasteiger charge is -2.63. The lowest BCUT2D eigenvalue weighted by Crippen LogP contribution is -2.69. The highest BCUT2D eigenvalue weighted by Crippen LogP contribution is 2.63. The summed E-state index contributed by atoms with van der Waals surface area (Å²) < 4.78 is 24.1. The number of carbonyl (C=O) groups is 2. The number of carbonyl (C=O) groups excluding carboxylic acids is 2. The summed E-state index contributed by atoms with van der Waals surface area (Å²) in [5.74, 6) is 1.16. The van der Waals surface area contributed by atoms with Gasteiger partial charge in [0.05, 0.1) is 14.2 Å². The van der Waals surface area contributed by atoms with Gasteiger partial charge < -0.3 is 18.9 Å². The quantitative estimate of drug-likeness (QED) is 0.472. The first-order chi connectivity index (χ1) is 15.6. The van der Waals surface area contributed by atoms with Crippen LogP contribution in [0, 0.1) is 21.7 Å². The van der Waals surface area contributed by atoms with Crippen molar-refractivity contribution in [1.82, 2.24) is 10.6 Å². The maximum atomic E-state index is 12.6. The minimum Gasteiger partial charge on any atom is -0.482 e. The van der Waals surface area contributed by atoms with Crippen molar-refractivity contribution in [3.05, 3.63) is 22.9 Å². The van der Waals surface area contributed by atoms with Gasteiger partial charge in [-0.3, -0.25) is 10.6 Å². The largest absolute Gasteiger partial charge is 0.482 e. The van der Waals surface area contributed by atoms with Crippen molar-refractivity contribution in [2.24, 2.45) is 21.7 Å². The molecule has 2 heterocycles. The van der Waals surface area contributed by atoms with Crippen molar-refractivity contribution in [3.63, 3.8) is 0 Å². The molecule has 0 aromatic rings. The van der Waals surface area contributed by atoms with Crippen LogP contribution in [0.1, 0.15) is 89.5 Å². The SMILES string of the molecule is COC(=O)NC1=C(C(C)(C)C)O[C@]2(C(C)(C)C)C[C@@]1(C(C)(C)C)OC(C(C)(C)C)=C2NC(=O)OC. The maximum absolute atomic E-state index is 12.6. The molecule has 2 aliphatic rings. The molecule has 2 bridgehead atoms. The summed E-state index contributed by atoms with van der Waals surface area (Å²) >= 11 is 0. The second-order valence-corrected chi connectivity index (χ2v) is 13.7. The van der Waals surface area contributed by atoms with E-state index in [0.29, 0.717) is 29.3 Å². The van der Waals surface area contributed by atoms with Gasteiger partial charge in [0, 0.05) is 28.1 Å². The summed E-state index contributed by atoms with van der Waals surface area (Å²) in [6.45, 7) is 24.7. The van der Waals surface area contributed by atoms with Crippen LogP contribution in [-0.4, -0.2) is 37.6 Å². The first kappa shape index (κ1) is 28.9. The predicted molar refractivity (Wildman–Crippen MR) is 135 cm³/mol. The molecule has 200 valence electrons. The zero-order chi connectivity index (χ0) is 27.4. The van der Waals surface area contributed by atoms with Gasteiger partial charge in [-0.05, 0) is 0 Å². The molecule has 0 aliphatic carbocycles. The highest BCUT2D eigenvalue weighted by molar-refractivity contribution is 5.72. The predicted octanol–water partition coefficient (Wildman–Crippen LogP) is 6.23. The second kappa shape index (κ2) is 8.63. The van der Waals surface area contributed by atoms with Crippen molar-refractivity contribution < 1.29 is 28.5 Å². The summed E-state index contributed by atoms with van der Waals surface area (Å²) in [5, 5.41) is 5.94. The zero-order valence-electron chi connectivity index (χ0n) is 24.2. The molecule has 0 fully saturated rings. The van der Waals surface area contributed by atoms with Gasteiger partial charge in [-0.2, -0.15) is 0 Å². The van der Waals surface area contributed by atoms with E-state index < -0.39 is 45.0 Å². The number of alkyl carbamates (subject to hydrolysis) is 2. The smallest absolute Gasteiger partial charge is 0.411 e. The molecule has 0 aromatic carbocycles. The van der Waals surface area contributed by atoms with Gasteiger partial charge in [-0.1, -0.05) is 83.1 Å². The average Bonchev–Trinajstić information content (AvgIpc) is 2.67. The Morgan fingerprint density at radius 2 is 0.943 bits per heavy atom. The lowest BCUT2D eigenvalue weighted by molar-refractivity contribution is -0.204. The van der Waals surface area contributed by atoms with Gasteiger partial charge in [0.25, 0.3) is 0 Å². The van der Waals surface area contributed by atoms with Crippen LogP contribution in [0.15, 0.2) is 22.9 Å². The molecule has 0 unspecified atom stereocenters. The van der Waals surface area contributed by atoms with Crippen molar-refractivity contribution in [2.45, 2.75) is 101 Å². The maximum Gasteiger partial charge on any atom is 0.411 e. The highest BCUT2D eigenvalue weighted by atomic mass is 16.6. The number of rotatable bonds is 2. The molecule has 8 heteroatoms. The topological polar surface area (TPSA) is 95.1 Å². The molecule has 35 heavy (non-hydrogen) atoms. The van der Waals surface area contributed by atoms with Gasteiger partial charge in [-0.25, -0.2) is 9.59 Å². The molecule has 8 nitrogen and oxygen atoms in total. The first-order valence-corrected chi connectivity index (χ1v) is 12.2. The van der Waals surface area contributed by atoms with Crippen LogP contribution >= 0.6 is 0 Å². The molecule has 2 N–H and O–H groups in total. The van der Waals surface area contributed by atoms with Crippen molar-refractivity contribution in [2.75, 3.05) is 14.2 Å². The molecule has 0 radical (unpaired) electrons. The number of ether oxygens (including phenoxy) is 4. The Bertz CT molecular complexity index is 861. The highest BCUT2D eigenvalue weighted by Gasteiger charge is 2.68. The van der Waals surface area contributed by atoms with Crippen molar-refractivity contribution in [1.29, 1.82) is 0 Å². The van der Waals surface area contributed by atoms with Gasteiger partial charge in [0.2, 0.25) is 0 Å². The van der Waals surface area contributed by atoms with Gasteiger partial charge >= 0.3 is 12.2 Å². The number of amides is 2. The Morgan fingerprint density at radius 1 is 0.657 bits per heavy atom. The van der Waals surface area contributed by atoms with Gasteiger partial charge in [0.15, 0.2) is 11.2 Å². The zero-order valence-corrected chi connectivity index (χ0v) is 24.2. The van der Waals surface area contributed by atoms with Crippen molar-refractivity contribution in [3.8, 4) is 0 Å². The fourth-order valence-electron chi connectivity index (χ4n) is 4.78. The Kier molecular flexibility index (Phi) is 7.11. The first-order valence-electron chi connectivity index (χ1n) is 12.2. The standard InChI is InChI=1S/C27H46N2O6/c1-22(2,3)18-16(28-20(30)32-13)26(24(7,8)9)15-27(34-18,25(10,11)12)17(29-21(31)33-14)19(35-26)23(4,5)6/h15H2,1-14H3,(H,28,30)(H,29,31)/t26-,27-/m1/s1. The molecule has 0 saturated carbocycles. The number of methoxy groups -OCH3 is 2. The van der Waals surface area contributed by atoms with Crippen LogP contribution < -0.4 is 10.6 Å². The van der Waals surface area contributed by atoms with Crippen molar-refractivity contribution >= 4 is 12.2 Å². The molecule has 0 aromatic heterocycles. The average molecular weight is 495 g/mol. The Balaban J connectivity index is 3.13. The van der Waals surface area contributed by atoms with E-state index in [2.05, 4.69) is 52.2 Å². The Labute approximate surface area is 211 Å². The molecular weight excluding hydrogens is 448 g/mol. The summed E-state index contributed by atoms with van der Waals surface area (Å²) in [4.78, 5) is 25.2. The second-order valence-electron chi connectivity index (χ2n) is 13.7. The minimum atomic E-state index is -1.00. The molecule has 0 spiro atoms. The Hall–Kier alpha value is -2.38. The summed E-state index contributed by atoms with van der Waals surface area (Å²) in [7, 11) is 2.67.